The van der Waals surface area contributed by atoms with Crippen LogP contribution in [0.2, 0.25) is 0 Å². The van der Waals surface area contributed by atoms with Crippen LogP contribution in [-0.4, -0.2) is 30.4 Å². The van der Waals surface area contributed by atoms with Crippen LogP contribution in [0, 0.1) is 0 Å². The molecule has 2 amide bonds. The summed E-state index contributed by atoms with van der Waals surface area (Å²) in [6.07, 6.45) is 8.84. The average molecular weight is 274 g/mol. The van der Waals surface area contributed by atoms with Gasteiger partial charge in [-0.15, -0.1) is 0 Å². The Labute approximate surface area is 114 Å². The van der Waals surface area contributed by atoms with E-state index in [-0.39, 0.29) is 6.03 Å². The monoisotopic (exact) mass is 274 g/mol. The number of hydrogen-bond donors (Lipinski definition) is 3. The minimum absolute atomic E-state index is 0.256. The molecular weight excluding hydrogens is 248 g/mol. The van der Waals surface area contributed by atoms with Gasteiger partial charge in [-0.3, -0.25) is 5.32 Å². The standard InChI is InChI=1S/C12H26N4OS/c1-2-3-4-5-6-9-18-10-7-8-14-12(17)15-11-16-13/h11H,2-10,13H2,1H3,(H2,14,15,16,17). The molecule has 0 atom stereocenters. The molecule has 0 aliphatic carbocycles. The number of rotatable bonds is 11. The molecule has 0 aromatic carbocycles. The third kappa shape index (κ3) is 13.2. The van der Waals surface area contributed by atoms with Crippen molar-refractivity contribution in [2.24, 2.45) is 10.9 Å². The number of carbonyl (C=O) groups is 1. The molecule has 0 aliphatic rings. The minimum Gasteiger partial charge on any atom is -0.338 e. The lowest BCUT2D eigenvalue weighted by Gasteiger charge is -2.04. The van der Waals surface area contributed by atoms with Gasteiger partial charge in [0, 0.05) is 6.54 Å². The second-order valence-electron chi connectivity index (χ2n) is 4.06. The Balaban J connectivity index is 3.09. The summed E-state index contributed by atoms with van der Waals surface area (Å²) in [4.78, 5) is 11.1. The highest BCUT2D eigenvalue weighted by molar-refractivity contribution is 7.99. The fraction of sp³-hybridized carbons (Fsp3) is 0.833. The first-order valence-corrected chi connectivity index (χ1v) is 7.80. The minimum atomic E-state index is -0.256. The molecule has 18 heavy (non-hydrogen) atoms. The van der Waals surface area contributed by atoms with Gasteiger partial charge < -0.3 is 11.2 Å². The topological polar surface area (TPSA) is 79.5 Å². The molecule has 0 heterocycles. The SMILES string of the molecule is CCCCCCCSCCCNC(=O)NC=NN. The zero-order valence-corrected chi connectivity index (χ0v) is 12.1. The summed E-state index contributed by atoms with van der Waals surface area (Å²) in [7, 11) is 0. The smallest absolute Gasteiger partial charge is 0.319 e. The normalized spacial score (nSPS) is 10.7. The van der Waals surface area contributed by atoms with Crippen molar-refractivity contribution in [2.75, 3.05) is 18.1 Å². The number of thioether (sulfide) groups is 1. The lowest BCUT2D eigenvalue weighted by molar-refractivity contribution is 0.245. The second kappa shape index (κ2) is 14.2. The van der Waals surface area contributed by atoms with Crippen molar-refractivity contribution in [3.8, 4) is 0 Å². The lowest BCUT2D eigenvalue weighted by atomic mass is 10.2. The van der Waals surface area contributed by atoms with Gasteiger partial charge in [-0.05, 0) is 24.3 Å². The fourth-order valence-electron chi connectivity index (χ4n) is 1.43. The van der Waals surface area contributed by atoms with E-state index in [0.717, 1.165) is 12.2 Å². The number of amides is 2. The molecule has 0 bridgehead atoms. The van der Waals surface area contributed by atoms with Gasteiger partial charge in [-0.2, -0.15) is 16.9 Å². The molecule has 6 heteroatoms. The van der Waals surface area contributed by atoms with Crippen LogP contribution in [0.1, 0.15) is 45.4 Å². The molecule has 0 fully saturated rings. The molecule has 106 valence electrons. The van der Waals surface area contributed by atoms with Crippen molar-refractivity contribution in [3.63, 3.8) is 0 Å². The predicted octanol–water partition coefficient (Wildman–Crippen LogP) is 2.28. The average Bonchev–Trinajstić information content (AvgIpc) is 2.38. The maximum absolute atomic E-state index is 11.1. The van der Waals surface area contributed by atoms with E-state index in [0.29, 0.717) is 6.54 Å². The van der Waals surface area contributed by atoms with Gasteiger partial charge in [0.2, 0.25) is 0 Å². The number of nitrogens with zero attached hydrogens (tertiary/aromatic N) is 1. The summed E-state index contributed by atoms with van der Waals surface area (Å²) in [6, 6.07) is -0.256. The van der Waals surface area contributed by atoms with Crippen molar-refractivity contribution < 1.29 is 4.79 Å². The van der Waals surface area contributed by atoms with E-state index in [1.54, 1.807) is 0 Å². The highest BCUT2D eigenvalue weighted by Gasteiger charge is 1.96. The van der Waals surface area contributed by atoms with Gasteiger partial charge >= 0.3 is 6.03 Å². The lowest BCUT2D eigenvalue weighted by Crippen LogP contribution is -2.35. The Morgan fingerprint density at radius 3 is 2.67 bits per heavy atom. The number of hydrazone groups is 1. The number of urea groups is 1. The summed E-state index contributed by atoms with van der Waals surface area (Å²) in [5.41, 5.74) is 0. The van der Waals surface area contributed by atoms with Crippen molar-refractivity contribution in [2.45, 2.75) is 45.4 Å². The van der Waals surface area contributed by atoms with Crippen molar-refractivity contribution in [1.29, 1.82) is 0 Å². The molecule has 0 rings (SSSR count). The summed E-state index contributed by atoms with van der Waals surface area (Å²) in [5, 5.41) is 8.29. The summed E-state index contributed by atoms with van der Waals surface area (Å²) >= 11 is 1.96. The second-order valence-corrected chi connectivity index (χ2v) is 5.28. The molecule has 4 N–H and O–H groups in total. The number of nitrogens with one attached hydrogen (secondary N) is 2. The Hall–Kier alpha value is -0.910. The molecule has 0 aliphatic heterocycles. The molecule has 0 radical (unpaired) electrons. The maximum atomic E-state index is 11.1. The van der Waals surface area contributed by atoms with Gasteiger partial charge in [-0.1, -0.05) is 32.6 Å². The molecule has 0 saturated carbocycles. The Morgan fingerprint density at radius 1 is 1.22 bits per heavy atom. The van der Waals surface area contributed by atoms with E-state index in [4.69, 9.17) is 5.84 Å². The molecule has 0 aromatic rings. The largest absolute Gasteiger partial charge is 0.338 e. The molecule has 0 aromatic heterocycles. The van der Waals surface area contributed by atoms with E-state index < -0.39 is 0 Å². The Kier molecular flexibility index (Phi) is 13.4. The van der Waals surface area contributed by atoms with E-state index >= 15 is 0 Å². The molecule has 0 spiro atoms. The quantitative estimate of drug-likeness (QED) is 0.178. The van der Waals surface area contributed by atoms with Gasteiger partial charge in [0.1, 0.15) is 6.34 Å². The molecule has 5 nitrogen and oxygen atoms in total. The van der Waals surface area contributed by atoms with E-state index in [9.17, 15) is 4.79 Å². The van der Waals surface area contributed by atoms with Gasteiger partial charge in [0.15, 0.2) is 0 Å². The van der Waals surface area contributed by atoms with Crippen molar-refractivity contribution in [1.82, 2.24) is 10.6 Å². The van der Waals surface area contributed by atoms with Crippen LogP contribution in [0.3, 0.4) is 0 Å². The zero-order chi connectivity index (χ0) is 13.5. The third-order valence-corrected chi connectivity index (χ3v) is 3.57. The van der Waals surface area contributed by atoms with Crippen molar-refractivity contribution >= 4 is 24.1 Å². The van der Waals surface area contributed by atoms with Crippen LogP contribution in [0.15, 0.2) is 5.10 Å². The predicted molar refractivity (Wildman–Crippen MR) is 79.9 cm³/mol. The van der Waals surface area contributed by atoms with E-state index in [1.165, 1.54) is 44.2 Å². The number of unbranched alkanes of at least 4 members (excludes halogenated alkanes) is 4. The van der Waals surface area contributed by atoms with Crippen LogP contribution < -0.4 is 16.5 Å². The van der Waals surface area contributed by atoms with Gasteiger partial charge in [0.25, 0.3) is 0 Å². The van der Waals surface area contributed by atoms with E-state index in [1.807, 2.05) is 11.8 Å². The van der Waals surface area contributed by atoms with Crippen LogP contribution in [-0.2, 0) is 0 Å². The van der Waals surface area contributed by atoms with Gasteiger partial charge in [-0.25, -0.2) is 4.79 Å². The third-order valence-electron chi connectivity index (χ3n) is 2.41. The van der Waals surface area contributed by atoms with Crippen molar-refractivity contribution in [3.05, 3.63) is 0 Å². The number of nitrogens with two attached hydrogens (primary N) is 1. The molecule has 0 unspecified atom stereocenters. The molecule has 0 saturated heterocycles. The summed E-state index contributed by atoms with van der Waals surface area (Å²) in [5.74, 6) is 7.18. The van der Waals surface area contributed by atoms with Crippen LogP contribution in [0.25, 0.3) is 0 Å². The zero-order valence-electron chi connectivity index (χ0n) is 11.3. The Morgan fingerprint density at radius 2 is 1.94 bits per heavy atom. The molecular formula is C12H26N4OS. The first kappa shape index (κ1) is 17.1. The fourth-order valence-corrected chi connectivity index (χ4v) is 2.39. The van der Waals surface area contributed by atoms with Crippen LogP contribution >= 0.6 is 11.8 Å². The maximum Gasteiger partial charge on any atom is 0.319 e. The highest BCUT2D eigenvalue weighted by atomic mass is 32.2. The first-order valence-electron chi connectivity index (χ1n) is 6.65. The van der Waals surface area contributed by atoms with E-state index in [2.05, 4.69) is 22.7 Å². The number of carbonyl (C=O) groups excluding carboxylic acids is 1. The van der Waals surface area contributed by atoms with Gasteiger partial charge in [0.05, 0.1) is 0 Å². The summed E-state index contributed by atoms with van der Waals surface area (Å²) < 4.78 is 0. The van der Waals surface area contributed by atoms with Crippen LogP contribution in [0.4, 0.5) is 4.79 Å². The number of hydrogen-bond acceptors (Lipinski definition) is 4. The highest BCUT2D eigenvalue weighted by Crippen LogP contribution is 2.09. The first-order chi connectivity index (χ1) is 8.81. The van der Waals surface area contributed by atoms with Crippen LogP contribution in [0.5, 0.6) is 0 Å². The Bertz CT molecular complexity index is 224. The summed E-state index contributed by atoms with van der Waals surface area (Å²) in [6.45, 7) is 2.92.